The third-order valence-corrected chi connectivity index (χ3v) is 5.97. The molecule has 0 saturated carbocycles. The summed E-state index contributed by atoms with van der Waals surface area (Å²) in [5.74, 6) is 1.33. The average molecular weight is 397 g/mol. The summed E-state index contributed by atoms with van der Waals surface area (Å²) in [6.07, 6.45) is 3.16. The number of anilines is 1. The summed E-state index contributed by atoms with van der Waals surface area (Å²) in [7, 11) is 0. The molecule has 1 amide bonds. The zero-order chi connectivity index (χ0) is 18.5. The summed E-state index contributed by atoms with van der Waals surface area (Å²) >= 11 is 2.79. The number of nitrogens with one attached hydrogen (secondary N) is 1. The average Bonchev–Trinajstić information content (AvgIpc) is 3.34. The van der Waals surface area contributed by atoms with Gasteiger partial charge in [-0.15, -0.1) is 20.4 Å². The van der Waals surface area contributed by atoms with Crippen molar-refractivity contribution in [3.8, 4) is 0 Å². The lowest BCUT2D eigenvalue weighted by molar-refractivity contribution is -0.113. The highest BCUT2D eigenvalue weighted by atomic mass is 32.2. The Morgan fingerprint density at radius 1 is 1.38 bits per heavy atom. The predicted octanol–water partition coefficient (Wildman–Crippen LogP) is 2.73. The molecule has 1 aliphatic rings. The first-order valence-electron chi connectivity index (χ1n) is 8.86. The molecule has 2 aromatic heterocycles. The van der Waals surface area contributed by atoms with Crippen LogP contribution in [0.3, 0.4) is 0 Å². The Kier molecular flexibility index (Phi) is 6.60. The maximum Gasteiger partial charge on any atom is 0.236 e. The molecule has 0 aromatic carbocycles. The van der Waals surface area contributed by atoms with Crippen molar-refractivity contribution in [2.45, 2.75) is 63.8 Å². The number of rotatable bonds is 8. The molecule has 0 radical (unpaired) electrons. The molecular formula is C16H24N6O2S2. The van der Waals surface area contributed by atoms with Crippen molar-refractivity contribution >= 4 is 34.1 Å². The fraction of sp³-hybridized carbons (Fsp3) is 0.688. The molecule has 1 aliphatic heterocycles. The lowest BCUT2D eigenvalue weighted by atomic mass is 10.2. The lowest BCUT2D eigenvalue weighted by Crippen LogP contribution is -2.19. The van der Waals surface area contributed by atoms with Crippen LogP contribution in [0.2, 0.25) is 0 Å². The van der Waals surface area contributed by atoms with Crippen LogP contribution in [0.4, 0.5) is 5.13 Å². The lowest BCUT2D eigenvalue weighted by Gasteiger charge is -2.15. The number of amides is 1. The van der Waals surface area contributed by atoms with E-state index in [1.165, 1.54) is 23.1 Å². The number of ether oxygens (including phenoxy) is 1. The normalized spacial score (nSPS) is 17.2. The van der Waals surface area contributed by atoms with E-state index < -0.39 is 0 Å². The highest BCUT2D eigenvalue weighted by Gasteiger charge is 2.22. The second-order valence-electron chi connectivity index (χ2n) is 6.43. The van der Waals surface area contributed by atoms with Crippen molar-refractivity contribution in [1.82, 2.24) is 25.0 Å². The van der Waals surface area contributed by atoms with Crippen LogP contribution >= 0.6 is 23.1 Å². The Labute approximate surface area is 161 Å². The van der Waals surface area contributed by atoms with Gasteiger partial charge in [-0.05, 0) is 19.3 Å². The quantitative estimate of drug-likeness (QED) is 0.686. The van der Waals surface area contributed by atoms with Crippen molar-refractivity contribution in [3.63, 3.8) is 0 Å². The van der Waals surface area contributed by atoms with E-state index in [0.29, 0.717) is 5.13 Å². The summed E-state index contributed by atoms with van der Waals surface area (Å²) in [5, 5.41) is 21.6. The van der Waals surface area contributed by atoms with E-state index in [0.717, 1.165) is 48.4 Å². The van der Waals surface area contributed by atoms with Gasteiger partial charge >= 0.3 is 0 Å². The second kappa shape index (κ2) is 8.92. The molecule has 1 N–H and O–H groups in total. The van der Waals surface area contributed by atoms with E-state index in [-0.39, 0.29) is 23.7 Å². The number of nitrogens with zero attached hydrogens (tertiary/aromatic N) is 5. The van der Waals surface area contributed by atoms with Gasteiger partial charge in [0.2, 0.25) is 11.0 Å². The first kappa shape index (κ1) is 19.2. The van der Waals surface area contributed by atoms with Crippen LogP contribution in [0.5, 0.6) is 0 Å². The predicted molar refractivity (Wildman–Crippen MR) is 102 cm³/mol. The molecule has 0 aliphatic carbocycles. The number of aromatic nitrogens is 5. The minimum absolute atomic E-state index is 0.119. The zero-order valence-electron chi connectivity index (χ0n) is 15.3. The van der Waals surface area contributed by atoms with Gasteiger partial charge in [0.15, 0.2) is 5.16 Å². The summed E-state index contributed by atoms with van der Waals surface area (Å²) in [6, 6.07) is 0. The third kappa shape index (κ3) is 4.80. The van der Waals surface area contributed by atoms with Crippen LogP contribution < -0.4 is 5.32 Å². The summed E-state index contributed by atoms with van der Waals surface area (Å²) in [5.41, 5.74) is 0. The molecule has 1 saturated heterocycles. The molecule has 0 bridgehead atoms. The second-order valence-corrected chi connectivity index (χ2v) is 8.44. The molecule has 2 aromatic rings. The van der Waals surface area contributed by atoms with Gasteiger partial charge in [-0.1, -0.05) is 43.9 Å². The molecule has 1 unspecified atom stereocenters. The minimum Gasteiger partial charge on any atom is -0.376 e. The molecule has 0 spiro atoms. The maximum absolute atomic E-state index is 12.2. The Bertz CT molecular complexity index is 739. The number of hydrogen-bond acceptors (Lipinski definition) is 8. The van der Waals surface area contributed by atoms with Crippen molar-refractivity contribution < 1.29 is 9.53 Å². The van der Waals surface area contributed by atoms with Gasteiger partial charge < -0.3 is 9.30 Å². The van der Waals surface area contributed by atoms with Crippen LogP contribution in [-0.4, -0.2) is 49.3 Å². The smallest absolute Gasteiger partial charge is 0.236 e. The number of carbonyl (C=O) groups excluding carboxylic acids is 1. The fourth-order valence-corrected chi connectivity index (χ4v) is 4.18. The highest BCUT2D eigenvalue weighted by molar-refractivity contribution is 7.99. The molecule has 3 rings (SSSR count). The van der Waals surface area contributed by atoms with Crippen LogP contribution in [-0.2, 0) is 22.5 Å². The van der Waals surface area contributed by atoms with Gasteiger partial charge in [0.05, 0.1) is 18.4 Å². The van der Waals surface area contributed by atoms with Gasteiger partial charge in [-0.25, -0.2) is 0 Å². The summed E-state index contributed by atoms with van der Waals surface area (Å²) in [6.45, 7) is 7.75. The number of aryl methyl sites for hydroxylation is 1. The van der Waals surface area contributed by atoms with E-state index >= 15 is 0 Å². The van der Waals surface area contributed by atoms with E-state index in [4.69, 9.17) is 4.74 Å². The molecule has 1 atom stereocenters. The molecule has 3 heterocycles. The standard InChI is InChI=1S/C16H24N6O2S2/c1-4-13-18-20-15(26-13)17-12(23)9-25-16-21-19-14(10(2)3)22(16)8-11-6-5-7-24-11/h10-11H,4-9H2,1-3H3,(H,17,20,23). The zero-order valence-corrected chi connectivity index (χ0v) is 16.9. The Hall–Kier alpha value is -1.52. The van der Waals surface area contributed by atoms with E-state index in [2.05, 4.69) is 44.1 Å². The summed E-state index contributed by atoms with van der Waals surface area (Å²) in [4.78, 5) is 12.2. The van der Waals surface area contributed by atoms with Crippen LogP contribution in [0.15, 0.2) is 5.16 Å². The molecule has 26 heavy (non-hydrogen) atoms. The monoisotopic (exact) mass is 396 g/mol. The topological polar surface area (TPSA) is 94.8 Å². The van der Waals surface area contributed by atoms with E-state index in [9.17, 15) is 4.79 Å². The number of hydrogen-bond donors (Lipinski definition) is 1. The Morgan fingerprint density at radius 2 is 2.23 bits per heavy atom. The number of carbonyl (C=O) groups is 1. The minimum atomic E-state index is -0.119. The van der Waals surface area contributed by atoms with Crippen molar-refractivity contribution in [1.29, 1.82) is 0 Å². The maximum atomic E-state index is 12.2. The molecule has 8 nitrogen and oxygen atoms in total. The van der Waals surface area contributed by atoms with E-state index in [1.54, 1.807) is 0 Å². The first-order valence-corrected chi connectivity index (χ1v) is 10.7. The van der Waals surface area contributed by atoms with Gasteiger partial charge in [0, 0.05) is 12.5 Å². The molecule has 142 valence electrons. The SMILES string of the molecule is CCc1nnc(NC(=O)CSc2nnc(C(C)C)n2CC2CCCO2)s1. The highest BCUT2D eigenvalue weighted by Crippen LogP contribution is 2.25. The van der Waals surface area contributed by atoms with Crippen LogP contribution in [0, 0.1) is 0 Å². The van der Waals surface area contributed by atoms with Crippen molar-refractivity contribution in [2.75, 3.05) is 17.7 Å². The molecule has 10 heteroatoms. The fourth-order valence-electron chi connectivity index (χ4n) is 2.73. The summed E-state index contributed by atoms with van der Waals surface area (Å²) < 4.78 is 7.85. The Balaban J connectivity index is 1.61. The van der Waals surface area contributed by atoms with Crippen LogP contribution in [0.1, 0.15) is 50.4 Å². The van der Waals surface area contributed by atoms with Gasteiger partial charge in [-0.3, -0.25) is 10.1 Å². The van der Waals surface area contributed by atoms with Crippen LogP contribution in [0.25, 0.3) is 0 Å². The largest absolute Gasteiger partial charge is 0.376 e. The Morgan fingerprint density at radius 3 is 2.88 bits per heavy atom. The first-order chi connectivity index (χ1) is 12.6. The molecule has 1 fully saturated rings. The van der Waals surface area contributed by atoms with Gasteiger partial charge in [-0.2, -0.15) is 0 Å². The number of thioether (sulfide) groups is 1. The van der Waals surface area contributed by atoms with Crippen molar-refractivity contribution in [3.05, 3.63) is 10.8 Å². The van der Waals surface area contributed by atoms with Gasteiger partial charge in [0.1, 0.15) is 10.8 Å². The van der Waals surface area contributed by atoms with E-state index in [1.807, 2.05) is 6.92 Å². The molecular weight excluding hydrogens is 372 g/mol. The third-order valence-electron chi connectivity index (χ3n) is 4.02. The van der Waals surface area contributed by atoms with Gasteiger partial charge in [0.25, 0.3) is 0 Å². The van der Waals surface area contributed by atoms with Crippen molar-refractivity contribution in [2.24, 2.45) is 0 Å².